The first-order valence-electron chi connectivity index (χ1n) is 7.64. The molecule has 20 heavy (non-hydrogen) atoms. The van der Waals surface area contributed by atoms with Crippen molar-refractivity contribution in [2.45, 2.75) is 46.5 Å². The number of carbonyl (C=O) groups is 1. The van der Waals surface area contributed by atoms with Gasteiger partial charge in [0, 0.05) is 25.2 Å². The van der Waals surface area contributed by atoms with E-state index in [1.807, 2.05) is 6.92 Å². The fourth-order valence-corrected chi connectivity index (χ4v) is 2.16. The van der Waals surface area contributed by atoms with Gasteiger partial charge in [0.25, 0.3) is 0 Å². The topological polar surface area (TPSA) is 29.5 Å². The molecule has 1 aromatic rings. The average Bonchev–Trinajstić information content (AvgIpc) is 2.43. The molecule has 3 nitrogen and oxygen atoms in total. The van der Waals surface area contributed by atoms with Gasteiger partial charge in [-0.3, -0.25) is 4.79 Å². The van der Waals surface area contributed by atoms with Crippen LogP contribution in [0, 0.1) is 6.92 Å². The number of esters is 1. The first-order valence-corrected chi connectivity index (χ1v) is 7.64. The maximum absolute atomic E-state index is 11.2. The molecule has 1 aromatic carbocycles. The Hall–Kier alpha value is -1.51. The highest BCUT2D eigenvalue weighted by molar-refractivity contribution is 5.69. The molecule has 0 radical (unpaired) electrons. The van der Waals surface area contributed by atoms with Crippen molar-refractivity contribution >= 4 is 11.7 Å². The van der Waals surface area contributed by atoms with E-state index >= 15 is 0 Å². The first kappa shape index (κ1) is 16.5. The number of anilines is 1. The largest absolute Gasteiger partial charge is 0.466 e. The minimum absolute atomic E-state index is 0.0708. The summed E-state index contributed by atoms with van der Waals surface area (Å²) in [6.07, 6.45) is 3.36. The van der Waals surface area contributed by atoms with Crippen molar-refractivity contribution in [1.29, 1.82) is 0 Å². The summed E-state index contributed by atoms with van der Waals surface area (Å²) in [5, 5.41) is 0. The lowest BCUT2D eigenvalue weighted by molar-refractivity contribution is -0.143. The van der Waals surface area contributed by atoms with Gasteiger partial charge in [0.15, 0.2) is 0 Å². The number of unbranched alkanes of at least 4 members (excludes halogenated alkanes) is 1. The van der Waals surface area contributed by atoms with Crippen molar-refractivity contribution in [3.05, 3.63) is 29.8 Å². The number of aryl methyl sites for hydroxylation is 1. The molecule has 0 amide bonds. The van der Waals surface area contributed by atoms with E-state index in [0.717, 1.165) is 32.4 Å². The molecular weight excluding hydrogens is 250 g/mol. The minimum atomic E-state index is -0.0708. The molecule has 0 saturated carbocycles. The maximum atomic E-state index is 11.2. The van der Waals surface area contributed by atoms with E-state index < -0.39 is 0 Å². The van der Waals surface area contributed by atoms with E-state index in [2.05, 4.69) is 43.0 Å². The zero-order chi connectivity index (χ0) is 14.8. The van der Waals surface area contributed by atoms with Crippen LogP contribution in [-0.2, 0) is 9.53 Å². The summed E-state index contributed by atoms with van der Waals surface area (Å²) in [4.78, 5) is 13.6. The summed E-state index contributed by atoms with van der Waals surface area (Å²) in [6.45, 7) is 8.82. The molecule has 0 saturated heterocycles. The summed E-state index contributed by atoms with van der Waals surface area (Å²) >= 11 is 0. The summed E-state index contributed by atoms with van der Waals surface area (Å²) in [6, 6.07) is 8.58. The zero-order valence-electron chi connectivity index (χ0n) is 13.0. The summed E-state index contributed by atoms with van der Waals surface area (Å²) in [5.74, 6) is -0.0708. The molecular formula is C17H27NO2. The van der Waals surface area contributed by atoms with Gasteiger partial charge in [0.1, 0.15) is 0 Å². The van der Waals surface area contributed by atoms with Crippen LogP contribution in [0.3, 0.4) is 0 Å². The average molecular weight is 277 g/mol. The van der Waals surface area contributed by atoms with Gasteiger partial charge in [-0.25, -0.2) is 0 Å². The van der Waals surface area contributed by atoms with Crippen LogP contribution < -0.4 is 4.90 Å². The highest BCUT2D eigenvalue weighted by atomic mass is 16.5. The number of nitrogens with zero attached hydrogens (tertiary/aromatic N) is 1. The fraction of sp³-hybridized carbons (Fsp3) is 0.588. The predicted octanol–water partition coefficient (Wildman–Crippen LogP) is 3.94. The van der Waals surface area contributed by atoms with Crippen LogP contribution in [0.25, 0.3) is 0 Å². The number of carbonyl (C=O) groups excluding carboxylic acids is 1. The van der Waals surface area contributed by atoms with Gasteiger partial charge in [0.05, 0.1) is 6.61 Å². The molecule has 3 heteroatoms. The number of ether oxygens (including phenoxy) is 1. The molecule has 0 aliphatic rings. The normalized spacial score (nSPS) is 10.3. The molecule has 112 valence electrons. The molecule has 0 heterocycles. The van der Waals surface area contributed by atoms with Gasteiger partial charge in [-0.05, 0) is 50.8 Å². The molecule has 0 bridgehead atoms. The quantitative estimate of drug-likeness (QED) is 0.505. The van der Waals surface area contributed by atoms with Gasteiger partial charge >= 0.3 is 5.97 Å². The van der Waals surface area contributed by atoms with E-state index in [0.29, 0.717) is 13.0 Å². The third kappa shape index (κ3) is 6.09. The lowest BCUT2D eigenvalue weighted by Gasteiger charge is -2.23. The lowest BCUT2D eigenvalue weighted by atomic mass is 10.2. The molecule has 0 aliphatic carbocycles. The van der Waals surface area contributed by atoms with Crippen LogP contribution >= 0.6 is 0 Å². The number of hydrogen-bond donors (Lipinski definition) is 0. The maximum Gasteiger partial charge on any atom is 0.305 e. The lowest BCUT2D eigenvalue weighted by Crippen LogP contribution is -2.24. The van der Waals surface area contributed by atoms with E-state index in [9.17, 15) is 4.79 Å². The second-order valence-corrected chi connectivity index (χ2v) is 5.10. The van der Waals surface area contributed by atoms with Crippen molar-refractivity contribution in [2.75, 3.05) is 24.6 Å². The van der Waals surface area contributed by atoms with Crippen molar-refractivity contribution in [3.63, 3.8) is 0 Å². The van der Waals surface area contributed by atoms with E-state index in [1.54, 1.807) is 0 Å². The number of benzene rings is 1. The van der Waals surface area contributed by atoms with Gasteiger partial charge < -0.3 is 9.64 Å². The Kier molecular flexibility index (Phi) is 7.78. The van der Waals surface area contributed by atoms with Crippen LogP contribution in [0.1, 0.15) is 45.1 Å². The van der Waals surface area contributed by atoms with Gasteiger partial charge in [0.2, 0.25) is 0 Å². The van der Waals surface area contributed by atoms with E-state index in [1.165, 1.54) is 11.3 Å². The van der Waals surface area contributed by atoms with Crippen LogP contribution in [0.15, 0.2) is 24.3 Å². The second kappa shape index (κ2) is 9.40. The molecule has 0 unspecified atom stereocenters. The third-order valence-electron chi connectivity index (χ3n) is 3.29. The minimum Gasteiger partial charge on any atom is -0.466 e. The fourth-order valence-electron chi connectivity index (χ4n) is 2.16. The Bertz CT molecular complexity index is 404. The monoisotopic (exact) mass is 277 g/mol. The predicted molar refractivity (Wildman–Crippen MR) is 84.2 cm³/mol. The van der Waals surface area contributed by atoms with Crippen LogP contribution in [-0.4, -0.2) is 25.7 Å². The van der Waals surface area contributed by atoms with Crippen LogP contribution in [0.5, 0.6) is 0 Å². The summed E-state index contributed by atoms with van der Waals surface area (Å²) in [5.41, 5.74) is 2.56. The van der Waals surface area contributed by atoms with Crippen molar-refractivity contribution in [3.8, 4) is 0 Å². The second-order valence-electron chi connectivity index (χ2n) is 5.10. The van der Waals surface area contributed by atoms with Crippen LogP contribution in [0.2, 0.25) is 0 Å². The number of hydrogen-bond acceptors (Lipinski definition) is 3. The first-order chi connectivity index (χ1) is 9.67. The van der Waals surface area contributed by atoms with Crippen LogP contribution in [0.4, 0.5) is 5.69 Å². The Morgan fingerprint density at radius 3 is 2.70 bits per heavy atom. The van der Waals surface area contributed by atoms with Crippen molar-refractivity contribution in [2.24, 2.45) is 0 Å². The van der Waals surface area contributed by atoms with Crippen molar-refractivity contribution < 1.29 is 9.53 Å². The molecule has 1 rings (SSSR count). The van der Waals surface area contributed by atoms with Gasteiger partial charge in [-0.2, -0.15) is 0 Å². The summed E-state index contributed by atoms with van der Waals surface area (Å²) < 4.78 is 5.17. The third-order valence-corrected chi connectivity index (χ3v) is 3.29. The number of rotatable bonds is 9. The molecule has 0 fully saturated rings. The van der Waals surface area contributed by atoms with Gasteiger partial charge in [-0.1, -0.05) is 19.1 Å². The smallest absolute Gasteiger partial charge is 0.305 e. The van der Waals surface area contributed by atoms with E-state index in [-0.39, 0.29) is 5.97 Å². The molecule has 0 atom stereocenters. The Morgan fingerprint density at radius 1 is 1.25 bits per heavy atom. The van der Waals surface area contributed by atoms with E-state index in [4.69, 9.17) is 4.74 Å². The Labute approximate surface area is 122 Å². The van der Waals surface area contributed by atoms with Crippen molar-refractivity contribution in [1.82, 2.24) is 0 Å². The Morgan fingerprint density at radius 2 is 2.05 bits per heavy atom. The zero-order valence-corrected chi connectivity index (χ0v) is 13.0. The molecule has 0 aromatic heterocycles. The standard InChI is InChI=1S/C17H27NO2/c1-4-9-17(19)20-13-7-6-12-18(5-2)16-11-8-10-15(3)14-16/h8,10-11,14H,4-7,9,12-13H2,1-3H3. The van der Waals surface area contributed by atoms with Gasteiger partial charge in [-0.15, -0.1) is 0 Å². The molecule has 0 N–H and O–H groups in total. The highest BCUT2D eigenvalue weighted by Gasteiger charge is 2.05. The highest BCUT2D eigenvalue weighted by Crippen LogP contribution is 2.16. The Balaban J connectivity index is 2.27. The molecule has 0 aliphatic heterocycles. The summed E-state index contributed by atoms with van der Waals surface area (Å²) in [7, 11) is 0. The SMILES string of the molecule is CCCC(=O)OCCCCN(CC)c1cccc(C)c1. The molecule has 0 spiro atoms.